The van der Waals surface area contributed by atoms with E-state index in [9.17, 15) is 9.90 Å². The number of carbonyl (C=O) groups is 1. The van der Waals surface area contributed by atoms with E-state index in [4.69, 9.17) is 4.74 Å². The van der Waals surface area contributed by atoms with Crippen LogP contribution in [0.15, 0.2) is 16.8 Å². The smallest absolute Gasteiger partial charge is 0.410 e. The first-order valence-electron chi connectivity index (χ1n) is 6.05. The number of β-amino-alcohol motifs (C(OH)–C–C–N with tert-alkyl or cyclic N) is 1. The summed E-state index contributed by atoms with van der Waals surface area (Å²) in [6.07, 6.45) is -0.855. The molecule has 5 heteroatoms. The Morgan fingerprint density at radius 1 is 1.50 bits per heavy atom. The number of nitrogens with zero attached hydrogens (tertiary/aromatic N) is 1. The Morgan fingerprint density at radius 2 is 2.22 bits per heavy atom. The third-order valence-electron chi connectivity index (χ3n) is 2.91. The summed E-state index contributed by atoms with van der Waals surface area (Å²) in [5, 5.41) is 14.0. The maximum absolute atomic E-state index is 11.9. The third-order valence-corrected chi connectivity index (χ3v) is 3.61. The minimum Gasteiger partial charge on any atom is -0.444 e. The number of aliphatic hydroxyl groups is 1. The van der Waals surface area contributed by atoms with Crippen molar-refractivity contribution in [1.82, 2.24) is 4.90 Å². The second kappa shape index (κ2) is 4.90. The molecule has 0 saturated carbocycles. The van der Waals surface area contributed by atoms with E-state index in [2.05, 4.69) is 0 Å². The molecule has 2 atom stereocenters. The second-order valence-electron chi connectivity index (χ2n) is 5.62. The van der Waals surface area contributed by atoms with Crippen molar-refractivity contribution in [1.29, 1.82) is 0 Å². The van der Waals surface area contributed by atoms with Gasteiger partial charge in [-0.25, -0.2) is 4.79 Å². The van der Waals surface area contributed by atoms with Crippen LogP contribution in [0.1, 0.15) is 32.3 Å². The minimum absolute atomic E-state index is 0.00349. The van der Waals surface area contributed by atoms with Gasteiger partial charge in [-0.3, -0.25) is 0 Å². The van der Waals surface area contributed by atoms with Crippen molar-refractivity contribution in [3.63, 3.8) is 0 Å². The highest BCUT2D eigenvalue weighted by molar-refractivity contribution is 7.08. The van der Waals surface area contributed by atoms with Crippen molar-refractivity contribution in [2.45, 2.75) is 38.4 Å². The Labute approximate surface area is 111 Å². The van der Waals surface area contributed by atoms with E-state index in [1.807, 2.05) is 37.6 Å². The van der Waals surface area contributed by atoms with E-state index in [1.165, 1.54) is 0 Å². The third kappa shape index (κ3) is 3.03. The fourth-order valence-corrected chi connectivity index (χ4v) is 2.80. The molecule has 1 N–H and O–H groups in total. The van der Waals surface area contributed by atoms with Gasteiger partial charge in [0.1, 0.15) is 5.60 Å². The summed E-state index contributed by atoms with van der Waals surface area (Å²) in [6.45, 7) is 6.39. The Balaban J connectivity index is 2.00. The number of rotatable bonds is 1. The van der Waals surface area contributed by atoms with Crippen LogP contribution in [0.5, 0.6) is 0 Å². The Bertz CT molecular complexity index is 410. The highest BCUT2D eigenvalue weighted by Crippen LogP contribution is 2.29. The van der Waals surface area contributed by atoms with E-state index >= 15 is 0 Å². The first-order chi connectivity index (χ1) is 8.37. The predicted octanol–water partition coefficient (Wildman–Crippen LogP) is 2.44. The molecule has 1 saturated heterocycles. The SMILES string of the molecule is CC(C)(C)OC(=O)N1CC(O)C(c2ccsc2)C1. The molecular weight excluding hydrogens is 250 g/mol. The van der Waals surface area contributed by atoms with Crippen molar-refractivity contribution in [2.24, 2.45) is 0 Å². The molecule has 2 heterocycles. The summed E-state index contributed by atoms with van der Waals surface area (Å²) in [4.78, 5) is 13.5. The van der Waals surface area contributed by atoms with Gasteiger partial charge in [-0.1, -0.05) is 0 Å². The molecule has 18 heavy (non-hydrogen) atoms. The quantitative estimate of drug-likeness (QED) is 0.852. The lowest BCUT2D eigenvalue weighted by Gasteiger charge is -2.24. The van der Waals surface area contributed by atoms with Crippen LogP contribution in [0.4, 0.5) is 4.79 Å². The summed E-state index contributed by atoms with van der Waals surface area (Å²) in [6, 6.07) is 2.00. The molecule has 0 bridgehead atoms. The molecule has 1 aromatic rings. The Kier molecular flexibility index (Phi) is 3.64. The number of hydrogen-bond donors (Lipinski definition) is 1. The lowest BCUT2D eigenvalue weighted by molar-refractivity contribution is 0.0270. The molecule has 0 aromatic carbocycles. The fraction of sp³-hybridized carbons (Fsp3) is 0.615. The van der Waals surface area contributed by atoms with Crippen molar-refractivity contribution in [3.05, 3.63) is 22.4 Å². The van der Waals surface area contributed by atoms with E-state index in [-0.39, 0.29) is 12.0 Å². The van der Waals surface area contributed by atoms with Gasteiger partial charge in [0, 0.05) is 12.5 Å². The van der Waals surface area contributed by atoms with Crippen LogP contribution in [0.3, 0.4) is 0 Å². The van der Waals surface area contributed by atoms with Crippen LogP contribution in [-0.4, -0.2) is 40.9 Å². The van der Waals surface area contributed by atoms with E-state index in [1.54, 1.807) is 16.2 Å². The van der Waals surface area contributed by atoms with Gasteiger partial charge in [-0.2, -0.15) is 11.3 Å². The lowest BCUT2D eigenvalue weighted by Crippen LogP contribution is -2.35. The molecule has 0 aliphatic carbocycles. The maximum Gasteiger partial charge on any atom is 0.410 e. The molecule has 4 nitrogen and oxygen atoms in total. The number of aliphatic hydroxyl groups excluding tert-OH is 1. The van der Waals surface area contributed by atoms with Gasteiger partial charge < -0.3 is 14.7 Å². The zero-order valence-corrected chi connectivity index (χ0v) is 11.7. The van der Waals surface area contributed by atoms with Crippen molar-refractivity contribution in [2.75, 3.05) is 13.1 Å². The van der Waals surface area contributed by atoms with Crippen LogP contribution < -0.4 is 0 Å². The van der Waals surface area contributed by atoms with Crippen LogP contribution in [0, 0.1) is 0 Å². The summed E-state index contributed by atoms with van der Waals surface area (Å²) in [7, 11) is 0. The zero-order valence-electron chi connectivity index (χ0n) is 10.9. The average Bonchev–Trinajstić information content (AvgIpc) is 2.82. The van der Waals surface area contributed by atoms with E-state index < -0.39 is 11.7 Å². The van der Waals surface area contributed by atoms with Crippen molar-refractivity contribution < 1.29 is 14.6 Å². The van der Waals surface area contributed by atoms with Crippen LogP contribution in [-0.2, 0) is 4.74 Å². The van der Waals surface area contributed by atoms with Gasteiger partial charge in [0.2, 0.25) is 0 Å². The minimum atomic E-state index is -0.507. The normalized spacial score (nSPS) is 24.3. The summed E-state index contributed by atoms with van der Waals surface area (Å²) in [5.41, 5.74) is 0.598. The molecule has 1 aliphatic heterocycles. The number of amides is 1. The molecule has 100 valence electrons. The number of thiophene rings is 1. The number of carbonyl (C=O) groups excluding carboxylic acids is 1. The second-order valence-corrected chi connectivity index (χ2v) is 6.40. The van der Waals surface area contributed by atoms with Crippen LogP contribution in [0.2, 0.25) is 0 Å². The zero-order chi connectivity index (χ0) is 13.3. The van der Waals surface area contributed by atoms with Crippen LogP contribution >= 0.6 is 11.3 Å². The molecule has 1 fully saturated rings. The lowest BCUT2D eigenvalue weighted by atomic mass is 10.00. The monoisotopic (exact) mass is 269 g/mol. The van der Waals surface area contributed by atoms with E-state index in [0.717, 1.165) is 5.56 Å². The largest absolute Gasteiger partial charge is 0.444 e. The predicted molar refractivity (Wildman–Crippen MR) is 70.9 cm³/mol. The molecule has 1 aliphatic rings. The van der Waals surface area contributed by atoms with Gasteiger partial charge in [0.15, 0.2) is 0 Å². The number of hydrogen-bond acceptors (Lipinski definition) is 4. The van der Waals surface area contributed by atoms with Crippen LogP contribution in [0.25, 0.3) is 0 Å². The molecule has 2 unspecified atom stereocenters. The summed E-state index contributed by atoms with van der Waals surface area (Å²) in [5.74, 6) is 0.00349. The van der Waals surface area contributed by atoms with Crippen molar-refractivity contribution >= 4 is 17.4 Å². The standard InChI is InChI=1S/C13H19NO3S/c1-13(2,3)17-12(16)14-6-10(11(15)7-14)9-4-5-18-8-9/h4-5,8,10-11,15H,6-7H2,1-3H3. The molecule has 1 aromatic heterocycles. The van der Waals surface area contributed by atoms with Gasteiger partial charge >= 0.3 is 6.09 Å². The first-order valence-corrected chi connectivity index (χ1v) is 6.99. The van der Waals surface area contributed by atoms with Gasteiger partial charge in [-0.05, 0) is 43.2 Å². The van der Waals surface area contributed by atoms with E-state index in [0.29, 0.717) is 13.1 Å². The number of likely N-dealkylation sites (tertiary alicyclic amines) is 1. The number of ether oxygens (including phenoxy) is 1. The van der Waals surface area contributed by atoms with Crippen molar-refractivity contribution in [3.8, 4) is 0 Å². The average molecular weight is 269 g/mol. The first kappa shape index (κ1) is 13.4. The summed E-state index contributed by atoms with van der Waals surface area (Å²) >= 11 is 1.60. The molecule has 0 spiro atoms. The molecule has 0 radical (unpaired) electrons. The molecule has 1 amide bonds. The fourth-order valence-electron chi connectivity index (χ4n) is 2.08. The van der Waals surface area contributed by atoms with Gasteiger partial charge in [0.05, 0.1) is 12.6 Å². The topological polar surface area (TPSA) is 49.8 Å². The Hall–Kier alpha value is -1.07. The summed E-state index contributed by atoms with van der Waals surface area (Å²) < 4.78 is 5.31. The molecule has 2 rings (SSSR count). The van der Waals surface area contributed by atoms with Gasteiger partial charge in [0.25, 0.3) is 0 Å². The highest BCUT2D eigenvalue weighted by Gasteiger charge is 2.36. The van der Waals surface area contributed by atoms with Gasteiger partial charge in [-0.15, -0.1) is 0 Å². The molecular formula is C13H19NO3S. The maximum atomic E-state index is 11.9. The highest BCUT2D eigenvalue weighted by atomic mass is 32.1. The Morgan fingerprint density at radius 3 is 2.78 bits per heavy atom.